The zero-order chi connectivity index (χ0) is 15.2. The highest BCUT2D eigenvalue weighted by molar-refractivity contribution is 9.10. The maximum atomic E-state index is 13.4. The van der Waals surface area contributed by atoms with E-state index in [0.717, 1.165) is 10.0 Å². The van der Waals surface area contributed by atoms with Crippen LogP contribution in [0.25, 0.3) is 0 Å². The average Bonchev–Trinajstić information content (AvgIpc) is 2.39. The monoisotopic (exact) mass is 369 g/mol. The molecule has 1 aliphatic heterocycles. The summed E-state index contributed by atoms with van der Waals surface area (Å²) in [7, 11) is 0. The first-order chi connectivity index (χ1) is 9.89. The van der Waals surface area contributed by atoms with E-state index in [0.29, 0.717) is 22.8 Å². The Morgan fingerprint density at radius 1 is 1.33 bits per heavy atom. The van der Waals surface area contributed by atoms with Crippen molar-refractivity contribution in [1.82, 2.24) is 0 Å². The van der Waals surface area contributed by atoms with Crippen molar-refractivity contribution in [2.45, 2.75) is 25.0 Å². The number of benzene rings is 2. The summed E-state index contributed by atoms with van der Waals surface area (Å²) in [6.07, 6.45) is 0.533. The first kappa shape index (κ1) is 14.8. The van der Waals surface area contributed by atoms with Crippen LogP contribution in [0.3, 0.4) is 0 Å². The van der Waals surface area contributed by atoms with Gasteiger partial charge in [0.2, 0.25) is 0 Å². The van der Waals surface area contributed by atoms with Crippen LogP contribution in [-0.2, 0) is 5.60 Å². The first-order valence-electron chi connectivity index (χ1n) is 6.59. The molecular weight excluding hydrogens is 357 g/mol. The first-order valence-corrected chi connectivity index (χ1v) is 7.76. The summed E-state index contributed by atoms with van der Waals surface area (Å²) in [5, 5.41) is 0.615. The van der Waals surface area contributed by atoms with Gasteiger partial charge in [-0.1, -0.05) is 33.6 Å². The molecule has 0 amide bonds. The van der Waals surface area contributed by atoms with Crippen LogP contribution in [0, 0.1) is 5.82 Å². The summed E-state index contributed by atoms with van der Waals surface area (Å²) >= 11 is 9.73. The third-order valence-corrected chi connectivity index (χ3v) is 4.62. The molecule has 0 bridgehead atoms. The summed E-state index contributed by atoms with van der Waals surface area (Å²) in [6, 6.07) is 9.80. The SMILES string of the molecule is CC1(c2ccc(Br)cc2Cl)C[C@H](N)c2cc(F)ccc2O1. The Morgan fingerprint density at radius 3 is 2.81 bits per heavy atom. The Kier molecular flexibility index (Phi) is 3.72. The molecule has 2 aromatic rings. The van der Waals surface area contributed by atoms with Crippen molar-refractivity contribution in [1.29, 1.82) is 0 Å². The lowest BCUT2D eigenvalue weighted by Gasteiger charge is -2.39. The second-order valence-electron chi connectivity index (χ2n) is 5.45. The fraction of sp³-hybridized carbons (Fsp3) is 0.250. The van der Waals surface area contributed by atoms with E-state index in [1.165, 1.54) is 12.1 Å². The predicted octanol–water partition coefficient (Wildman–Crippen LogP) is 4.94. The molecule has 0 fully saturated rings. The molecule has 1 aliphatic rings. The number of ether oxygens (including phenoxy) is 1. The minimum Gasteiger partial charge on any atom is -0.482 e. The zero-order valence-electron chi connectivity index (χ0n) is 11.4. The Labute approximate surface area is 136 Å². The summed E-state index contributed by atoms with van der Waals surface area (Å²) in [6.45, 7) is 1.95. The van der Waals surface area contributed by atoms with E-state index in [-0.39, 0.29) is 11.9 Å². The van der Waals surface area contributed by atoms with Crippen molar-refractivity contribution in [2.24, 2.45) is 5.73 Å². The smallest absolute Gasteiger partial charge is 0.134 e. The lowest BCUT2D eigenvalue weighted by Crippen LogP contribution is -2.38. The van der Waals surface area contributed by atoms with E-state index in [2.05, 4.69) is 15.9 Å². The molecule has 3 rings (SSSR count). The van der Waals surface area contributed by atoms with Crippen molar-refractivity contribution in [2.75, 3.05) is 0 Å². The fourth-order valence-corrected chi connectivity index (χ4v) is 3.67. The highest BCUT2D eigenvalue weighted by atomic mass is 79.9. The average molecular weight is 371 g/mol. The van der Waals surface area contributed by atoms with Gasteiger partial charge in [-0.3, -0.25) is 0 Å². The molecule has 2 aromatic carbocycles. The molecule has 0 aliphatic carbocycles. The molecule has 110 valence electrons. The van der Waals surface area contributed by atoms with Gasteiger partial charge in [0.1, 0.15) is 17.2 Å². The van der Waals surface area contributed by atoms with Gasteiger partial charge in [0, 0.05) is 33.1 Å². The van der Waals surface area contributed by atoms with Crippen molar-refractivity contribution >= 4 is 27.5 Å². The van der Waals surface area contributed by atoms with Gasteiger partial charge in [0.15, 0.2) is 0 Å². The topological polar surface area (TPSA) is 35.2 Å². The van der Waals surface area contributed by atoms with E-state index in [9.17, 15) is 4.39 Å². The molecule has 1 unspecified atom stereocenters. The van der Waals surface area contributed by atoms with Crippen LogP contribution in [0.2, 0.25) is 5.02 Å². The Morgan fingerprint density at radius 2 is 2.10 bits per heavy atom. The molecule has 2 nitrogen and oxygen atoms in total. The van der Waals surface area contributed by atoms with Crippen LogP contribution in [0.1, 0.15) is 30.5 Å². The van der Waals surface area contributed by atoms with Crippen LogP contribution < -0.4 is 10.5 Å². The Hall–Kier alpha value is -1.10. The van der Waals surface area contributed by atoms with E-state index >= 15 is 0 Å². The molecule has 5 heteroatoms. The lowest BCUT2D eigenvalue weighted by atomic mass is 9.84. The second kappa shape index (κ2) is 5.27. The van der Waals surface area contributed by atoms with Gasteiger partial charge >= 0.3 is 0 Å². The number of hydrogen-bond acceptors (Lipinski definition) is 2. The minimum absolute atomic E-state index is 0.297. The van der Waals surface area contributed by atoms with E-state index < -0.39 is 5.60 Å². The molecule has 0 spiro atoms. The molecule has 0 aromatic heterocycles. The fourth-order valence-electron chi connectivity index (χ4n) is 2.80. The third kappa shape index (κ3) is 2.68. The molecule has 1 heterocycles. The number of halogens is 3. The van der Waals surface area contributed by atoms with Crippen molar-refractivity contribution in [3.63, 3.8) is 0 Å². The van der Waals surface area contributed by atoms with Crippen LogP contribution >= 0.6 is 27.5 Å². The van der Waals surface area contributed by atoms with Crippen molar-refractivity contribution in [3.8, 4) is 5.75 Å². The Balaban J connectivity index is 2.06. The van der Waals surface area contributed by atoms with E-state index in [1.807, 2.05) is 25.1 Å². The minimum atomic E-state index is -0.637. The highest BCUT2D eigenvalue weighted by Crippen LogP contribution is 2.45. The van der Waals surface area contributed by atoms with Crippen LogP contribution in [0.5, 0.6) is 5.75 Å². The third-order valence-electron chi connectivity index (χ3n) is 3.82. The summed E-state index contributed by atoms with van der Waals surface area (Å²) < 4.78 is 20.4. The van der Waals surface area contributed by atoms with Gasteiger partial charge in [0.05, 0.1) is 0 Å². The van der Waals surface area contributed by atoms with Crippen LogP contribution in [0.15, 0.2) is 40.9 Å². The normalized spacial score (nSPS) is 24.3. The van der Waals surface area contributed by atoms with Gasteiger partial charge in [0.25, 0.3) is 0 Å². The van der Waals surface area contributed by atoms with Gasteiger partial charge in [-0.25, -0.2) is 4.39 Å². The quantitative estimate of drug-likeness (QED) is 0.771. The number of fused-ring (bicyclic) bond motifs is 1. The van der Waals surface area contributed by atoms with Gasteiger partial charge in [-0.15, -0.1) is 0 Å². The van der Waals surface area contributed by atoms with Crippen LogP contribution in [-0.4, -0.2) is 0 Å². The number of rotatable bonds is 1. The van der Waals surface area contributed by atoms with E-state index in [1.54, 1.807) is 6.07 Å². The molecule has 0 saturated heterocycles. The standard InChI is InChI=1S/C16H14BrClFNO/c1-16(12-4-2-9(17)6-13(12)18)8-14(20)11-7-10(19)3-5-15(11)21-16/h2-7,14H,8,20H2,1H3/t14-,16?/m0/s1. The zero-order valence-corrected chi connectivity index (χ0v) is 13.7. The predicted molar refractivity (Wildman–Crippen MR) is 85.1 cm³/mol. The number of nitrogens with two attached hydrogens (primary N) is 1. The van der Waals surface area contributed by atoms with Crippen molar-refractivity contribution in [3.05, 3.63) is 62.8 Å². The lowest BCUT2D eigenvalue weighted by molar-refractivity contribution is 0.0510. The highest BCUT2D eigenvalue weighted by Gasteiger charge is 2.38. The van der Waals surface area contributed by atoms with Gasteiger partial charge in [-0.05, 0) is 37.3 Å². The summed E-state index contributed by atoms with van der Waals surface area (Å²) in [5.74, 6) is 0.301. The molecular formula is C16H14BrClFNO. The molecule has 2 atom stereocenters. The maximum Gasteiger partial charge on any atom is 0.134 e. The largest absolute Gasteiger partial charge is 0.482 e. The van der Waals surface area contributed by atoms with Crippen molar-refractivity contribution < 1.29 is 9.13 Å². The maximum absolute atomic E-state index is 13.4. The summed E-state index contributed by atoms with van der Waals surface area (Å²) in [4.78, 5) is 0. The molecule has 2 N–H and O–H groups in total. The van der Waals surface area contributed by atoms with Gasteiger partial charge < -0.3 is 10.5 Å². The second-order valence-corrected chi connectivity index (χ2v) is 6.77. The molecule has 0 saturated carbocycles. The Bertz CT molecular complexity index is 709. The summed E-state index contributed by atoms with van der Waals surface area (Å²) in [5.41, 5.74) is 7.14. The van der Waals surface area contributed by atoms with Crippen LogP contribution in [0.4, 0.5) is 4.39 Å². The van der Waals surface area contributed by atoms with E-state index in [4.69, 9.17) is 22.1 Å². The van der Waals surface area contributed by atoms with Gasteiger partial charge in [-0.2, -0.15) is 0 Å². The molecule has 0 radical (unpaired) electrons. The molecule has 21 heavy (non-hydrogen) atoms. The number of hydrogen-bond donors (Lipinski definition) is 1.